The predicted octanol–water partition coefficient (Wildman–Crippen LogP) is 2.78. The maximum absolute atomic E-state index is 13.1. The largest absolute Gasteiger partial charge is 0.488 e. The Kier molecular flexibility index (Phi) is 2.17. The number of hydrogen-bond donors (Lipinski definition) is 0. The molecule has 1 aliphatic rings. The van der Waals surface area contributed by atoms with E-state index in [1.807, 2.05) is 0 Å². The number of benzene rings is 1. The van der Waals surface area contributed by atoms with Gasteiger partial charge in [-0.25, -0.2) is 0 Å². The van der Waals surface area contributed by atoms with Gasteiger partial charge in [-0.15, -0.1) is 0 Å². The Bertz CT molecular complexity index is 484. The van der Waals surface area contributed by atoms with Crippen LogP contribution in [0.25, 0.3) is 0 Å². The Labute approximate surface area is 92.9 Å². The molecule has 0 aliphatic carbocycles. The van der Waals surface area contributed by atoms with Gasteiger partial charge in [0, 0.05) is 6.07 Å². The van der Waals surface area contributed by atoms with Crippen LogP contribution in [0.5, 0.6) is 11.5 Å². The van der Waals surface area contributed by atoms with Crippen molar-refractivity contribution in [1.29, 1.82) is 5.26 Å². The van der Waals surface area contributed by atoms with Crippen molar-refractivity contribution >= 4 is 11.6 Å². The lowest BCUT2D eigenvalue weighted by molar-refractivity contribution is -0.303. The Balaban J connectivity index is 2.48. The number of alkyl halides is 4. The molecule has 0 fully saturated rings. The maximum atomic E-state index is 13.1. The standard InChI is InChI=1S/C9H3ClF3NO2/c10-8(11)9(12,13)16-6-2-1-5(4-14)3-7(6)15-8/h1-3H/t8-/m0/s1. The van der Waals surface area contributed by atoms with E-state index in [1.54, 1.807) is 6.07 Å². The van der Waals surface area contributed by atoms with Crippen molar-refractivity contribution in [3.63, 3.8) is 0 Å². The van der Waals surface area contributed by atoms with Gasteiger partial charge in [-0.05, 0) is 23.7 Å². The molecule has 1 heterocycles. The highest BCUT2D eigenvalue weighted by Crippen LogP contribution is 2.48. The van der Waals surface area contributed by atoms with Crippen molar-refractivity contribution in [2.45, 2.75) is 11.4 Å². The summed E-state index contributed by atoms with van der Waals surface area (Å²) in [5.41, 5.74) is 0.111. The third kappa shape index (κ3) is 1.53. The molecule has 0 unspecified atom stereocenters. The summed E-state index contributed by atoms with van der Waals surface area (Å²) in [6.45, 7) is 0. The van der Waals surface area contributed by atoms with Gasteiger partial charge in [0.1, 0.15) is 0 Å². The molecular weight excluding hydrogens is 247 g/mol. The molecule has 1 aromatic carbocycles. The molecule has 16 heavy (non-hydrogen) atoms. The minimum atomic E-state index is -4.30. The van der Waals surface area contributed by atoms with Crippen LogP contribution in [-0.2, 0) is 0 Å². The second-order valence-electron chi connectivity index (χ2n) is 3.01. The molecule has 0 spiro atoms. The molecule has 1 atom stereocenters. The van der Waals surface area contributed by atoms with E-state index < -0.39 is 11.4 Å². The average molecular weight is 250 g/mol. The molecule has 2 rings (SSSR count). The van der Waals surface area contributed by atoms with E-state index >= 15 is 0 Å². The van der Waals surface area contributed by atoms with Crippen LogP contribution in [-0.4, -0.2) is 11.4 Å². The number of halogens is 4. The third-order valence-corrected chi connectivity index (χ3v) is 2.19. The minimum absolute atomic E-state index is 0.111. The van der Waals surface area contributed by atoms with Crippen LogP contribution in [0, 0.1) is 11.3 Å². The summed E-state index contributed by atoms with van der Waals surface area (Å²) in [4.78, 5) is 0. The number of rotatable bonds is 0. The summed E-state index contributed by atoms with van der Waals surface area (Å²) < 4.78 is 47.3. The fourth-order valence-electron chi connectivity index (χ4n) is 1.14. The highest BCUT2D eigenvalue weighted by molar-refractivity contribution is 6.22. The van der Waals surface area contributed by atoms with Crippen molar-refractivity contribution < 1.29 is 22.6 Å². The summed E-state index contributed by atoms with van der Waals surface area (Å²) in [6, 6.07) is 5.10. The first kappa shape index (κ1) is 10.9. The molecule has 84 valence electrons. The zero-order valence-electron chi connectivity index (χ0n) is 7.51. The molecule has 7 heteroatoms. The monoisotopic (exact) mass is 249 g/mol. The maximum Gasteiger partial charge on any atom is 0.488 e. The molecule has 0 radical (unpaired) electrons. The lowest BCUT2D eigenvalue weighted by Crippen LogP contribution is -2.51. The highest BCUT2D eigenvalue weighted by atomic mass is 35.5. The molecular formula is C9H3ClF3NO2. The van der Waals surface area contributed by atoms with E-state index in [4.69, 9.17) is 16.9 Å². The number of ether oxygens (including phenoxy) is 2. The first-order valence-electron chi connectivity index (χ1n) is 4.03. The minimum Gasteiger partial charge on any atom is -0.434 e. The van der Waals surface area contributed by atoms with Crippen LogP contribution >= 0.6 is 11.6 Å². The van der Waals surface area contributed by atoms with Gasteiger partial charge in [0.2, 0.25) is 0 Å². The first-order chi connectivity index (χ1) is 7.36. The van der Waals surface area contributed by atoms with Crippen molar-refractivity contribution in [2.24, 2.45) is 0 Å². The molecule has 0 saturated heterocycles. The van der Waals surface area contributed by atoms with Crippen LogP contribution in [0.15, 0.2) is 18.2 Å². The van der Waals surface area contributed by atoms with E-state index in [9.17, 15) is 13.2 Å². The van der Waals surface area contributed by atoms with Crippen LogP contribution in [0.1, 0.15) is 5.56 Å². The summed E-state index contributed by atoms with van der Waals surface area (Å²) >= 11 is 4.84. The Morgan fingerprint density at radius 1 is 1.19 bits per heavy atom. The van der Waals surface area contributed by atoms with Crippen molar-refractivity contribution in [1.82, 2.24) is 0 Å². The number of hydrogen-bond acceptors (Lipinski definition) is 3. The fourth-order valence-corrected chi connectivity index (χ4v) is 1.26. The zero-order chi connectivity index (χ0) is 12.0. The molecule has 3 nitrogen and oxygen atoms in total. The van der Waals surface area contributed by atoms with Crippen LogP contribution in [0.4, 0.5) is 13.2 Å². The third-order valence-electron chi connectivity index (χ3n) is 1.89. The topological polar surface area (TPSA) is 42.2 Å². The summed E-state index contributed by atoms with van der Waals surface area (Å²) in [6.07, 6.45) is -4.30. The smallest absolute Gasteiger partial charge is 0.434 e. The van der Waals surface area contributed by atoms with E-state index in [2.05, 4.69) is 9.47 Å². The van der Waals surface area contributed by atoms with Gasteiger partial charge in [-0.1, -0.05) is 0 Å². The Morgan fingerprint density at radius 2 is 1.88 bits per heavy atom. The second-order valence-corrected chi connectivity index (χ2v) is 3.50. The van der Waals surface area contributed by atoms with Crippen LogP contribution in [0.3, 0.4) is 0 Å². The lowest BCUT2D eigenvalue weighted by atomic mass is 10.2. The summed E-state index contributed by atoms with van der Waals surface area (Å²) in [7, 11) is 0. The van der Waals surface area contributed by atoms with Gasteiger partial charge < -0.3 is 9.47 Å². The molecule has 0 amide bonds. The number of nitriles is 1. The van der Waals surface area contributed by atoms with E-state index in [1.165, 1.54) is 6.07 Å². The summed E-state index contributed by atoms with van der Waals surface area (Å²) in [5.74, 6) is -0.722. The second kappa shape index (κ2) is 3.19. The molecule has 0 N–H and O–H groups in total. The van der Waals surface area contributed by atoms with Gasteiger partial charge in [0.15, 0.2) is 11.5 Å². The van der Waals surface area contributed by atoms with Crippen molar-refractivity contribution in [3.8, 4) is 17.6 Å². The average Bonchev–Trinajstić information content (AvgIpc) is 2.18. The zero-order valence-corrected chi connectivity index (χ0v) is 8.26. The molecule has 0 saturated carbocycles. The number of fused-ring (bicyclic) bond motifs is 1. The Morgan fingerprint density at radius 3 is 2.50 bits per heavy atom. The molecule has 0 aromatic heterocycles. The lowest BCUT2D eigenvalue weighted by Gasteiger charge is -2.33. The van der Waals surface area contributed by atoms with Crippen molar-refractivity contribution in [2.75, 3.05) is 0 Å². The quantitative estimate of drug-likeness (QED) is 0.664. The van der Waals surface area contributed by atoms with Crippen LogP contribution < -0.4 is 9.47 Å². The predicted molar refractivity (Wildman–Crippen MR) is 47.1 cm³/mol. The van der Waals surface area contributed by atoms with Gasteiger partial charge in [-0.3, -0.25) is 0 Å². The van der Waals surface area contributed by atoms with Gasteiger partial charge in [-0.2, -0.15) is 18.4 Å². The van der Waals surface area contributed by atoms with E-state index in [-0.39, 0.29) is 17.1 Å². The molecule has 1 aromatic rings. The van der Waals surface area contributed by atoms with Gasteiger partial charge in [0.25, 0.3) is 0 Å². The van der Waals surface area contributed by atoms with E-state index in [0.717, 1.165) is 12.1 Å². The first-order valence-corrected chi connectivity index (χ1v) is 4.41. The van der Waals surface area contributed by atoms with Crippen molar-refractivity contribution in [3.05, 3.63) is 23.8 Å². The fraction of sp³-hybridized carbons (Fsp3) is 0.222. The molecule has 1 aliphatic heterocycles. The number of nitrogens with zero attached hydrogens (tertiary/aromatic N) is 1. The summed E-state index contributed by atoms with van der Waals surface area (Å²) in [5, 5.41) is 4.77. The van der Waals surface area contributed by atoms with Crippen LogP contribution in [0.2, 0.25) is 0 Å². The molecule has 0 bridgehead atoms. The van der Waals surface area contributed by atoms with Gasteiger partial charge in [0.05, 0.1) is 11.6 Å². The normalized spacial score (nSPS) is 25.9. The SMILES string of the molecule is N#Cc1ccc2c(c1)O[C@](F)(Cl)C(F)(F)O2. The van der Waals surface area contributed by atoms with E-state index in [0.29, 0.717) is 0 Å². The van der Waals surface area contributed by atoms with Gasteiger partial charge >= 0.3 is 11.4 Å². The Hall–Kier alpha value is -1.61. The highest BCUT2D eigenvalue weighted by Gasteiger charge is 2.63.